The van der Waals surface area contributed by atoms with E-state index in [0.717, 1.165) is 0 Å². The highest BCUT2D eigenvalue weighted by Crippen LogP contribution is 2.28. The van der Waals surface area contributed by atoms with Gasteiger partial charge in [0.25, 0.3) is 11.8 Å². The van der Waals surface area contributed by atoms with Gasteiger partial charge in [-0.3, -0.25) is 20.4 Å². The molecule has 0 aliphatic heterocycles. The van der Waals surface area contributed by atoms with E-state index in [1.165, 1.54) is 37.4 Å². The number of hydrogen-bond donors (Lipinski definition) is 2. The summed E-state index contributed by atoms with van der Waals surface area (Å²) in [5, 5.41) is 8.75. The van der Waals surface area contributed by atoms with Gasteiger partial charge in [-0.1, -0.05) is 0 Å². The lowest BCUT2D eigenvalue weighted by Gasteiger charge is -2.14. The summed E-state index contributed by atoms with van der Waals surface area (Å²) in [6.07, 6.45) is -0.0321. The third-order valence-corrected chi connectivity index (χ3v) is 3.35. The van der Waals surface area contributed by atoms with Gasteiger partial charge >= 0.3 is 0 Å². The van der Waals surface area contributed by atoms with Crippen LogP contribution in [0.1, 0.15) is 40.1 Å². The second kappa shape index (κ2) is 8.53. The molecule has 0 saturated heterocycles. The molecule has 0 fully saturated rings. The number of carbonyl (C=O) groups excluding carboxylic acids is 2. The average molecular weight is 353 g/mol. The molecule has 26 heavy (non-hydrogen) atoms. The van der Waals surface area contributed by atoms with Crippen LogP contribution in [0.2, 0.25) is 0 Å². The molecule has 0 saturated carbocycles. The third kappa shape index (κ3) is 4.74. The number of methoxy groups -OCH3 is 1. The molecule has 2 N–H and O–H groups in total. The minimum absolute atomic E-state index is 0.0321. The first-order valence-corrected chi connectivity index (χ1v) is 7.90. The number of carbonyl (C=O) groups is 2. The number of amides is 2. The van der Waals surface area contributed by atoms with Crippen molar-refractivity contribution in [2.24, 2.45) is 0 Å². The summed E-state index contributed by atoms with van der Waals surface area (Å²) >= 11 is 0. The van der Waals surface area contributed by atoms with Gasteiger partial charge in [-0.25, -0.2) is 0 Å². The van der Waals surface area contributed by atoms with E-state index in [1.807, 2.05) is 19.9 Å². The summed E-state index contributed by atoms with van der Waals surface area (Å²) in [5.74, 6) is -0.0404. The van der Waals surface area contributed by atoms with Crippen LogP contribution in [0.15, 0.2) is 42.5 Å². The van der Waals surface area contributed by atoms with Crippen LogP contribution in [0.3, 0.4) is 0 Å². The van der Waals surface area contributed by atoms with Gasteiger partial charge in [-0.2, -0.15) is 5.26 Å². The molecule has 7 nitrogen and oxygen atoms in total. The van der Waals surface area contributed by atoms with Gasteiger partial charge in [0.15, 0.2) is 11.5 Å². The fourth-order valence-electron chi connectivity index (χ4n) is 2.11. The molecule has 0 unspecified atom stereocenters. The van der Waals surface area contributed by atoms with Crippen LogP contribution in [-0.4, -0.2) is 25.0 Å². The Balaban J connectivity index is 2.02. The molecule has 2 aromatic carbocycles. The normalized spacial score (nSPS) is 9.96. The van der Waals surface area contributed by atoms with Crippen LogP contribution in [0, 0.1) is 11.3 Å². The molecule has 134 valence electrons. The van der Waals surface area contributed by atoms with E-state index in [4.69, 9.17) is 14.7 Å². The lowest BCUT2D eigenvalue weighted by atomic mass is 10.1. The van der Waals surface area contributed by atoms with Crippen molar-refractivity contribution in [1.82, 2.24) is 10.9 Å². The number of rotatable bonds is 5. The van der Waals surface area contributed by atoms with Crippen LogP contribution in [-0.2, 0) is 0 Å². The topological polar surface area (TPSA) is 100 Å². The molecular formula is C19H19N3O4. The first-order chi connectivity index (χ1) is 12.4. The Labute approximate surface area is 151 Å². The third-order valence-electron chi connectivity index (χ3n) is 3.35. The quantitative estimate of drug-likeness (QED) is 0.804. The van der Waals surface area contributed by atoms with Crippen molar-refractivity contribution in [3.8, 4) is 17.6 Å². The predicted molar refractivity (Wildman–Crippen MR) is 94.8 cm³/mol. The van der Waals surface area contributed by atoms with Crippen molar-refractivity contribution < 1.29 is 19.1 Å². The van der Waals surface area contributed by atoms with Gasteiger partial charge in [-0.05, 0) is 56.3 Å². The van der Waals surface area contributed by atoms with Gasteiger partial charge in [0, 0.05) is 11.1 Å². The summed E-state index contributed by atoms with van der Waals surface area (Å²) in [4.78, 5) is 24.2. The van der Waals surface area contributed by atoms with Crippen molar-refractivity contribution in [2.45, 2.75) is 20.0 Å². The number of ether oxygens (including phenoxy) is 2. The predicted octanol–water partition coefficient (Wildman–Crippen LogP) is 2.43. The molecule has 0 aromatic heterocycles. The summed E-state index contributed by atoms with van der Waals surface area (Å²) in [5.41, 5.74) is 5.73. The van der Waals surface area contributed by atoms with E-state index < -0.39 is 11.8 Å². The van der Waals surface area contributed by atoms with Crippen molar-refractivity contribution >= 4 is 11.8 Å². The zero-order valence-corrected chi connectivity index (χ0v) is 14.7. The van der Waals surface area contributed by atoms with Crippen LogP contribution >= 0.6 is 0 Å². The highest BCUT2D eigenvalue weighted by atomic mass is 16.5. The molecular weight excluding hydrogens is 334 g/mol. The van der Waals surface area contributed by atoms with Gasteiger partial charge in [0.05, 0.1) is 24.8 Å². The molecule has 0 bridgehead atoms. The Morgan fingerprint density at radius 2 is 1.54 bits per heavy atom. The van der Waals surface area contributed by atoms with Gasteiger partial charge < -0.3 is 9.47 Å². The molecule has 0 aliphatic carbocycles. The number of nitriles is 1. The Bertz CT molecular complexity index is 839. The molecule has 2 rings (SSSR count). The minimum atomic E-state index is -0.499. The maximum absolute atomic E-state index is 12.2. The van der Waals surface area contributed by atoms with Gasteiger partial charge in [-0.15, -0.1) is 0 Å². The highest BCUT2D eigenvalue weighted by molar-refractivity contribution is 5.99. The molecule has 0 aliphatic rings. The standard InChI is InChI=1S/C19H19N3O4/c1-12(2)26-16-9-8-15(10-17(16)25-3)19(24)22-21-18(23)14-6-4-13(11-20)5-7-14/h4-10,12H,1-3H3,(H,21,23)(H,22,24). The Morgan fingerprint density at radius 1 is 0.962 bits per heavy atom. The van der Waals surface area contributed by atoms with E-state index in [9.17, 15) is 9.59 Å². The van der Waals surface area contributed by atoms with E-state index in [2.05, 4.69) is 10.9 Å². The van der Waals surface area contributed by atoms with Crippen molar-refractivity contribution in [3.05, 3.63) is 59.2 Å². The summed E-state index contributed by atoms with van der Waals surface area (Å²) in [6, 6.07) is 12.8. The lowest BCUT2D eigenvalue weighted by molar-refractivity contribution is 0.0846. The van der Waals surface area contributed by atoms with E-state index in [1.54, 1.807) is 12.1 Å². The molecule has 2 aromatic rings. The maximum Gasteiger partial charge on any atom is 0.269 e. The van der Waals surface area contributed by atoms with Gasteiger partial charge in [0.2, 0.25) is 0 Å². The van der Waals surface area contributed by atoms with Crippen LogP contribution in [0.25, 0.3) is 0 Å². The second-order valence-corrected chi connectivity index (χ2v) is 5.63. The first kappa shape index (κ1) is 18.8. The zero-order valence-electron chi connectivity index (χ0n) is 14.7. The largest absolute Gasteiger partial charge is 0.493 e. The summed E-state index contributed by atoms with van der Waals surface area (Å²) in [6.45, 7) is 3.78. The van der Waals surface area contributed by atoms with Gasteiger partial charge in [0.1, 0.15) is 0 Å². The molecule has 0 spiro atoms. The first-order valence-electron chi connectivity index (χ1n) is 7.90. The van der Waals surface area contributed by atoms with E-state index in [-0.39, 0.29) is 6.10 Å². The van der Waals surface area contributed by atoms with E-state index >= 15 is 0 Å². The Kier molecular flexibility index (Phi) is 6.17. The number of hydrazine groups is 1. The average Bonchev–Trinajstić information content (AvgIpc) is 2.65. The lowest BCUT2D eigenvalue weighted by Crippen LogP contribution is -2.41. The van der Waals surface area contributed by atoms with Crippen LogP contribution < -0.4 is 20.3 Å². The molecule has 0 atom stereocenters. The van der Waals surface area contributed by atoms with Crippen molar-refractivity contribution in [1.29, 1.82) is 5.26 Å². The minimum Gasteiger partial charge on any atom is -0.493 e. The summed E-state index contributed by atoms with van der Waals surface area (Å²) in [7, 11) is 1.48. The molecule has 2 amide bonds. The van der Waals surface area contributed by atoms with Crippen LogP contribution in [0.4, 0.5) is 0 Å². The molecule has 0 heterocycles. The second-order valence-electron chi connectivity index (χ2n) is 5.63. The fourth-order valence-corrected chi connectivity index (χ4v) is 2.11. The number of benzene rings is 2. The van der Waals surface area contributed by atoms with Crippen molar-refractivity contribution in [3.63, 3.8) is 0 Å². The highest BCUT2D eigenvalue weighted by Gasteiger charge is 2.13. The molecule has 0 radical (unpaired) electrons. The van der Waals surface area contributed by atoms with Crippen LogP contribution in [0.5, 0.6) is 11.5 Å². The number of nitrogens with one attached hydrogen (secondary N) is 2. The molecule has 7 heteroatoms. The number of hydrogen-bond acceptors (Lipinski definition) is 5. The Hall–Kier alpha value is -3.53. The summed E-state index contributed by atoms with van der Waals surface area (Å²) < 4.78 is 10.8. The monoisotopic (exact) mass is 353 g/mol. The Morgan fingerprint density at radius 3 is 2.08 bits per heavy atom. The SMILES string of the molecule is COc1cc(C(=O)NNC(=O)c2ccc(C#N)cc2)ccc1OC(C)C. The van der Waals surface area contributed by atoms with Crippen molar-refractivity contribution in [2.75, 3.05) is 7.11 Å². The maximum atomic E-state index is 12.2. The zero-order chi connectivity index (χ0) is 19.1. The number of nitrogens with zero attached hydrogens (tertiary/aromatic N) is 1. The fraction of sp³-hybridized carbons (Fsp3) is 0.211. The smallest absolute Gasteiger partial charge is 0.269 e. The van der Waals surface area contributed by atoms with E-state index in [0.29, 0.717) is 28.2 Å².